The minimum absolute atomic E-state index is 0.00569. The summed E-state index contributed by atoms with van der Waals surface area (Å²) in [4.78, 5) is 11.4. The van der Waals surface area contributed by atoms with Crippen molar-refractivity contribution in [2.24, 2.45) is 5.92 Å². The van der Waals surface area contributed by atoms with Crippen LogP contribution in [0.3, 0.4) is 0 Å². The Hall–Kier alpha value is -1.27. The van der Waals surface area contributed by atoms with Crippen molar-refractivity contribution in [3.05, 3.63) is 12.2 Å². The van der Waals surface area contributed by atoms with Gasteiger partial charge in [-0.25, -0.2) is 0 Å². The molecule has 0 aromatic heterocycles. The summed E-state index contributed by atoms with van der Waals surface area (Å²) in [5, 5.41) is 2.89. The highest BCUT2D eigenvalue weighted by Gasteiger charge is 2.15. The highest BCUT2D eigenvalue weighted by Crippen LogP contribution is 2.10. The maximum absolute atomic E-state index is 11.4. The van der Waals surface area contributed by atoms with Crippen molar-refractivity contribution in [2.45, 2.75) is 32.1 Å². The smallest absolute Gasteiger partial charge is 0.243 e. The molecule has 0 spiro atoms. The number of rotatable bonds is 7. The Balaban J connectivity index is 1.99. The van der Waals surface area contributed by atoms with Crippen LogP contribution in [0, 0.1) is 18.3 Å². The molecule has 17 heavy (non-hydrogen) atoms. The lowest BCUT2D eigenvalue weighted by Gasteiger charge is -2.06. The predicted molar refractivity (Wildman–Crippen MR) is 68.4 cm³/mol. The normalized spacial score (nSPS) is 19.4. The topological polar surface area (TPSA) is 38.3 Å². The Morgan fingerprint density at radius 3 is 3.12 bits per heavy atom. The SMILES string of the molecule is C#CCCCCC=CC(=O)NCC1CCOC1. The first-order valence-corrected chi connectivity index (χ1v) is 6.28. The van der Waals surface area contributed by atoms with Gasteiger partial charge in [-0.15, -0.1) is 12.3 Å². The van der Waals surface area contributed by atoms with E-state index in [1.165, 1.54) is 0 Å². The Bertz CT molecular complexity index is 285. The van der Waals surface area contributed by atoms with Crippen LogP contribution in [0.25, 0.3) is 0 Å². The van der Waals surface area contributed by atoms with Gasteiger partial charge in [0.05, 0.1) is 6.61 Å². The molecular formula is C14H21NO2. The molecule has 1 fully saturated rings. The van der Waals surface area contributed by atoms with E-state index in [9.17, 15) is 4.79 Å². The van der Waals surface area contributed by atoms with Crippen LogP contribution >= 0.6 is 0 Å². The molecule has 3 nitrogen and oxygen atoms in total. The summed E-state index contributed by atoms with van der Waals surface area (Å²) in [7, 11) is 0. The van der Waals surface area contributed by atoms with Crippen LogP contribution in [0.4, 0.5) is 0 Å². The van der Waals surface area contributed by atoms with E-state index in [0.29, 0.717) is 5.92 Å². The van der Waals surface area contributed by atoms with Gasteiger partial charge in [-0.05, 0) is 31.8 Å². The number of carbonyl (C=O) groups excluding carboxylic acids is 1. The lowest BCUT2D eigenvalue weighted by molar-refractivity contribution is -0.116. The van der Waals surface area contributed by atoms with Gasteiger partial charge in [0.1, 0.15) is 0 Å². The second-order valence-corrected chi connectivity index (χ2v) is 4.33. The molecule has 0 aliphatic carbocycles. The van der Waals surface area contributed by atoms with Crippen molar-refractivity contribution in [3.63, 3.8) is 0 Å². The van der Waals surface area contributed by atoms with Gasteiger partial charge < -0.3 is 10.1 Å². The fraction of sp³-hybridized carbons (Fsp3) is 0.643. The molecule has 0 bridgehead atoms. The Labute approximate surface area is 104 Å². The first kappa shape index (κ1) is 13.8. The summed E-state index contributed by atoms with van der Waals surface area (Å²) < 4.78 is 5.24. The second kappa shape index (κ2) is 8.83. The van der Waals surface area contributed by atoms with E-state index in [4.69, 9.17) is 11.2 Å². The molecule has 0 saturated carbocycles. The number of amides is 1. The fourth-order valence-corrected chi connectivity index (χ4v) is 1.73. The molecule has 1 saturated heterocycles. The molecule has 0 aromatic carbocycles. The van der Waals surface area contributed by atoms with Crippen LogP contribution < -0.4 is 5.32 Å². The lowest BCUT2D eigenvalue weighted by Crippen LogP contribution is -2.27. The molecule has 1 rings (SSSR count). The molecule has 94 valence electrons. The summed E-state index contributed by atoms with van der Waals surface area (Å²) in [6, 6.07) is 0. The van der Waals surface area contributed by atoms with Crippen molar-refractivity contribution in [1.29, 1.82) is 0 Å². The third-order valence-electron chi connectivity index (χ3n) is 2.80. The molecule has 0 radical (unpaired) electrons. The molecule has 1 heterocycles. The van der Waals surface area contributed by atoms with Gasteiger partial charge in [-0.3, -0.25) is 4.79 Å². The molecule has 1 aliphatic rings. The molecule has 1 unspecified atom stereocenters. The quantitative estimate of drug-likeness (QED) is 0.416. The van der Waals surface area contributed by atoms with E-state index in [1.54, 1.807) is 6.08 Å². The fourth-order valence-electron chi connectivity index (χ4n) is 1.73. The highest BCUT2D eigenvalue weighted by molar-refractivity contribution is 5.87. The number of allylic oxidation sites excluding steroid dienone is 1. The zero-order chi connectivity index (χ0) is 12.3. The van der Waals surface area contributed by atoms with Crippen molar-refractivity contribution < 1.29 is 9.53 Å². The third-order valence-corrected chi connectivity index (χ3v) is 2.80. The van der Waals surface area contributed by atoms with Crippen LogP contribution in [0.1, 0.15) is 32.1 Å². The monoisotopic (exact) mass is 235 g/mol. The van der Waals surface area contributed by atoms with E-state index in [0.717, 1.165) is 51.9 Å². The number of hydrogen-bond donors (Lipinski definition) is 1. The van der Waals surface area contributed by atoms with E-state index < -0.39 is 0 Å². The first-order chi connectivity index (χ1) is 8.33. The maximum Gasteiger partial charge on any atom is 0.243 e. The van der Waals surface area contributed by atoms with E-state index >= 15 is 0 Å². The number of hydrogen-bond acceptors (Lipinski definition) is 2. The average molecular weight is 235 g/mol. The number of nitrogens with one attached hydrogen (secondary N) is 1. The van der Waals surface area contributed by atoms with Crippen molar-refractivity contribution in [3.8, 4) is 12.3 Å². The predicted octanol–water partition coefficient (Wildman–Crippen LogP) is 1.89. The zero-order valence-electron chi connectivity index (χ0n) is 10.3. The van der Waals surface area contributed by atoms with Crippen molar-refractivity contribution in [2.75, 3.05) is 19.8 Å². The van der Waals surface area contributed by atoms with Crippen LogP contribution in [0.2, 0.25) is 0 Å². The maximum atomic E-state index is 11.4. The van der Waals surface area contributed by atoms with Gasteiger partial charge in [0.15, 0.2) is 0 Å². The molecular weight excluding hydrogens is 214 g/mol. The Morgan fingerprint density at radius 2 is 2.41 bits per heavy atom. The summed E-state index contributed by atoms with van der Waals surface area (Å²) in [6.45, 7) is 2.32. The van der Waals surface area contributed by atoms with Gasteiger partial charge in [0, 0.05) is 25.5 Å². The van der Waals surface area contributed by atoms with E-state index in [1.807, 2.05) is 6.08 Å². The average Bonchev–Trinajstić information content (AvgIpc) is 2.84. The largest absolute Gasteiger partial charge is 0.381 e. The molecule has 3 heteroatoms. The summed E-state index contributed by atoms with van der Waals surface area (Å²) >= 11 is 0. The van der Waals surface area contributed by atoms with Crippen molar-refractivity contribution >= 4 is 5.91 Å². The number of unbranched alkanes of at least 4 members (excludes halogenated alkanes) is 3. The molecule has 0 aromatic rings. The summed E-state index contributed by atoms with van der Waals surface area (Å²) in [6.07, 6.45) is 13.5. The summed E-state index contributed by atoms with van der Waals surface area (Å²) in [5.41, 5.74) is 0. The third kappa shape index (κ3) is 6.80. The van der Waals surface area contributed by atoms with Gasteiger partial charge in [0.25, 0.3) is 0 Å². The molecule has 1 N–H and O–H groups in total. The Morgan fingerprint density at radius 1 is 1.53 bits per heavy atom. The second-order valence-electron chi connectivity index (χ2n) is 4.33. The number of terminal acetylenes is 1. The van der Waals surface area contributed by atoms with Crippen LogP contribution in [0.5, 0.6) is 0 Å². The summed E-state index contributed by atoms with van der Waals surface area (Å²) in [5.74, 6) is 3.09. The van der Waals surface area contributed by atoms with Crippen LogP contribution in [0.15, 0.2) is 12.2 Å². The Kier molecular flexibility index (Phi) is 7.17. The highest BCUT2D eigenvalue weighted by atomic mass is 16.5. The van der Waals surface area contributed by atoms with E-state index in [-0.39, 0.29) is 5.91 Å². The van der Waals surface area contributed by atoms with Crippen LogP contribution in [-0.4, -0.2) is 25.7 Å². The van der Waals surface area contributed by atoms with Gasteiger partial charge >= 0.3 is 0 Å². The minimum Gasteiger partial charge on any atom is -0.381 e. The lowest BCUT2D eigenvalue weighted by atomic mass is 10.1. The molecule has 1 amide bonds. The zero-order valence-corrected chi connectivity index (χ0v) is 10.3. The first-order valence-electron chi connectivity index (χ1n) is 6.28. The number of carbonyl (C=O) groups is 1. The van der Waals surface area contributed by atoms with Gasteiger partial charge in [-0.2, -0.15) is 0 Å². The number of ether oxygens (including phenoxy) is 1. The van der Waals surface area contributed by atoms with E-state index in [2.05, 4.69) is 11.2 Å². The van der Waals surface area contributed by atoms with Gasteiger partial charge in [0.2, 0.25) is 5.91 Å². The van der Waals surface area contributed by atoms with Crippen LogP contribution in [-0.2, 0) is 9.53 Å². The van der Waals surface area contributed by atoms with Crippen molar-refractivity contribution in [1.82, 2.24) is 5.32 Å². The standard InChI is InChI=1S/C14H21NO2/c1-2-3-4-5-6-7-8-14(16)15-11-13-9-10-17-12-13/h1,7-8,13H,3-6,9-12H2,(H,15,16). The molecule has 1 atom stereocenters. The molecule has 1 aliphatic heterocycles. The van der Waals surface area contributed by atoms with Gasteiger partial charge in [-0.1, -0.05) is 6.08 Å². The minimum atomic E-state index is -0.00569.